The lowest BCUT2D eigenvalue weighted by Crippen LogP contribution is -2.20. The van der Waals surface area contributed by atoms with Crippen LogP contribution in [0.15, 0.2) is 83.1 Å². The largest absolute Gasteiger partial charge is 0.504 e. The molecule has 0 bridgehead atoms. The van der Waals surface area contributed by atoms with Crippen molar-refractivity contribution in [2.24, 2.45) is 5.10 Å². The van der Waals surface area contributed by atoms with Crippen LogP contribution in [-0.4, -0.2) is 52.0 Å². The minimum absolute atomic E-state index is 0.0286. The highest BCUT2D eigenvalue weighted by atomic mass is 32.2. The summed E-state index contributed by atoms with van der Waals surface area (Å²) in [5, 5.41) is 22.9. The van der Waals surface area contributed by atoms with Crippen molar-refractivity contribution in [2.45, 2.75) is 5.16 Å². The number of rotatable bonds is 9. The summed E-state index contributed by atoms with van der Waals surface area (Å²) >= 11 is 1.25. The maximum Gasteiger partial charge on any atom is 0.250 e. The molecule has 1 aromatic heterocycles. The number of methoxy groups -OCH3 is 2. The van der Waals surface area contributed by atoms with E-state index in [2.05, 4.69) is 20.7 Å². The summed E-state index contributed by atoms with van der Waals surface area (Å²) in [7, 11) is 3.08. The molecule has 0 fully saturated rings. The van der Waals surface area contributed by atoms with Crippen LogP contribution in [0.4, 0.5) is 0 Å². The van der Waals surface area contributed by atoms with Crippen LogP contribution >= 0.6 is 11.8 Å². The van der Waals surface area contributed by atoms with Crippen molar-refractivity contribution in [3.8, 4) is 34.3 Å². The topological polar surface area (TPSA) is 111 Å². The fourth-order valence-corrected chi connectivity index (χ4v) is 3.96. The molecule has 0 unspecified atom stereocenters. The maximum atomic E-state index is 12.4. The number of phenolic OH excluding ortho intramolecular Hbond substituents is 1. The molecule has 0 saturated carbocycles. The van der Waals surface area contributed by atoms with Gasteiger partial charge in [-0.2, -0.15) is 5.10 Å². The van der Waals surface area contributed by atoms with Crippen LogP contribution < -0.4 is 14.9 Å². The van der Waals surface area contributed by atoms with Crippen molar-refractivity contribution in [1.29, 1.82) is 0 Å². The quantitative estimate of drug-likeness (QED) is 0.208. The zero-order valence-electron chi connectivity index (χ0n) is 19.1. The van der Waals surface area contributed by atoms with Gasteiger partial charge in [-0.15, -0.1) is 10.2 Å². The van der Waals surface area contributed by atoms with Crippen LogP contribution in [0.25, 0.3) is 17.1 Å². The van der Waals surface area contributed by atoms with Crippen molar-refractivity contribution >= 4 is 23.9 Å². The summed E-state index contributed by atoms with van der Waals surface area (Å²) in [6.07, 6.45) is 1.47. The first-order valence-electron chi connectivity index (χ1n) is 10.6. The number of hydrogen-bond acceptors (Lipinski definition) is 8. The molecule has 178 valence electrons. The molecule has 0 spiro atoms. The van der Waals surface area contributed by atoms with E-state index in [0.717, 1.165) is 17.0 Å². The van der Waals surface area contributed by atoms with Gasteiger partial charge in [0.2, 0.25) is 0 Å². The van der Waals surface area contributed by atoms with Gasteiger partial charge >= 0.3 is 0 Å². The van der Waals surface area contributed by atoms with E-state index in [1.807, 2.05) is 59.2 Å². The molecular weight excluding hydrogens is 466 g/mol. The second-order valence-corrected chi connectivity index (χ2v) is 8.16. The molecule has 0 atom stereocenters. The molecule has 9 nitrogen and oxygen atoms in total. The Balaban J connectivity index is 1.48. The number of nitrogens with one attached hydrogen (secondary N) is 1. The lowest BCUT2D eigenvalue weighted by molar-refractivity contribution is -0.118. The number of carbonyl (C=O) groups excluding carboxylic acids is 1. The van der Waals surface area contributed by atoms with Gasteiger partial charge in [0.15, 0.2) is 22.5 Å². The average molecular weight is 490 g/mol. The van der Waals surface area contributed by atoms with Crippen molar-refractivity contribution in [2.75, 3.05) is 20.0 Å². The SMILES string of the molecule is COc1ccc(-n2c(SCC(=O)N/N=C\c3ccc(O)c(OC)c3)nnc2-c2ccccc2)cc1. The molecule has 0 aliphatic rings. The minimum Gasteiger partial charge on any atom is -0.504 e. The van der Waals surface area contributed by atoms with Gasteiger partial charge in [-0.25, -0.2) is 5.43 Å². The third-order valence-corrected chi connectivity index (χ3v) is 5.86. The molecule has 10 heteroatoms. The summed E-state index contributed by atoms with van der Waals surface area (Å²) < 4.78 is 12.2. The summed E-state index contributed by atoms with van der Waals surface area (Å²) in [6.45, 7) is 0. The Bertz CT molecular complexity index is 1320. The summed E-state index contributed by atoms with van der Waals surface area (Å²) in [6, 6.07) is 22.0. The summed E-state index contributed by atoms with van der Waals surface area (Å²) in [5.41, 5.74) is 4.91. The third-order valence-electron chi connectivity index (χ3n) is 4.93. The predicted molar refractivity (Wildman–Crippen MR) is 134 cm³/mol. The van der Waals surface area contributed by atoms with E-state index in [-0.39, 0.29) is 17.4 Å². The Labute approximate surface area is 206 Å². The number of amides is 1. The molecule has 0 aliphatic carbocycles. The van der Waals surface area contributed by atoms with E-state index in [4.69, 9.17) is 9.47 Å². The number of thioether (sulfide) groups is 1. The molecule has 0 radical (unpaired) electrons. The molecule has 1 amide bonds. The number of benzene rings is 3. The highest BCUT2D eigenvalue weighted by molar-refractivity contribution is 7.99. The standard InChI is InChI=1S/C25H23N5O4S/c1-33-20-11-9-19(10-12-20)30-24(18-6-4-3-5-7-18)28-29-25(30)35-16-23(32)27-26-15-17-8-13-21(31)22(14-17)34-2/h3-15,31H,16H2,1-2H3,(H,27,32)/b26-15-. The van der Waals surface area contributed by atoms with Gasteiger partial charge in [-0.05, 0) is 48.0 Å². The Morgan fingerprint density at radius 3 is 2.54 bits per heavy atom. The number of ether oxygens (including phenoxy) is 2. The molecule has 0 saturated heterocycles. The molecule has 0 aliphatic heterocycles. The molecular formula is C25H23N5O4S. The van der Waals surface area contributed by atoms with Crippen LogP contribution in [0.2, 0.25) is 0 Å². The Hall–Kier alpha value is -4.31. The van der Waals surface area contributed by atoms with Crippen LogP contribution in [0.1, 0.15) is 5.56 Å². The van der Waals surface area contributed by atoms with Crippen LogP contribution in [0.3, 0.4) is 0 Å². The van der Waals surface area contributed by atoms with Crippen molar-refractivity contribution in [3.63, 3.8) is 0 Å². The Morgan fingerprint density at radius 2 is 1.83 bits per heavy atom. The van der Waals surface area contributed by atoms with E-state index < -0.39 is 0 Å². The highest BCUT2D eigenvalue weighted by Crippen LogP contribution is 2.29. The molecule has 1 heterocycles. The third kappa shape index (κ3) is 5.79. The Morgan fingerprint density at radius 1 is 1.06 bits per heavy atom. The summed E-state index contributed by atoms with van der Waals surface area (Å²) in [4.78, 5) is 12.4. The van der Waals surface area contributed by atoms with Gasteiger partial charge in [0.1, 0.15) is 5.75 Å². The monoisotopic (exact) mass is 489 g/mol. The Kier molecular flexibility index (Phi) is 7.63. The van der Waals surface area contributed by atoms with Gasteiger partial charge in [-0.3, -0.25) is 9.36 Å². The number of hydrazone groups is 1. The first-order chi connectivity index (χ1) is 17.1. The second kappa shape index (κ2) is 11.2. The van der Waals surface area contributed by atoms with Crippen LogP contribution in [0.5, 0.6) is 17.2 Å². The van der Waals surface area contributed by atoms with Crippen LogP contribution in [-0.2, 0) is 4.79 Å². The maximum absolute atomic E-state index is 12.4. The van der Waals surface area contributed by atoms with E-state index in [1.165, 1.54) is 31.2 Å². The predicted octanol–water partition coefficient (Wildman–Crippen LogP) is 3.90. The first-order valence-corrected chi connectivity index (χ1v) is 11.5. The van der Waals surface area contributed by atoms with Gasteiger partial charge in [0, 0.05) is 11.3 Å². The van der Waals surface area contributed by atoms with Gasteiger partial charge in [0.25, 0.3) is 5.91 Å². The van der Waals surface area contributed by atoms with E-state index in [1.54, 1.807) is 19.2 Å². The number of aromatic nitrogens is 3. The van der Waals surface area contributed by atoms with Crippen molar-refractivity contribution < 1.29 is 19.4 Å². The fraction of sp³-hybridized carbons (Fsp3) is 0.120. The normalized spacial score (nSPS) is 10.9. The first kappa shape index (κ1) is 23.8. The number of aromatic hydroxyl groups is 1. The fourth-order valence-electron chi connectivity index (χ4n) is 3.22. The number of carbonyl (C=O) groups is 1. The average Bonchev–Trinajstić information content (AvgIpc) is 3.33. The van der Waals surface area contributed by atoms with Gasteiger partial charge < -0.3 is 14.6 Å². The molecule has 4 aromatic rings. The molecule has 4 rings (SSSR count). The van der Waals surface area contributed by atoms with Gasteiger partial charge in [-0.1, -0.05) is 42.1 Å². The zero-order chi connectivity index (χ0) is 24.6. The van der Waals surface area contributed by atoms with E-state index in [0.29, 0.717) is 22.3 Å². The molecule has 2 N–H and O–H groups in total. The zero-order valence-corrected chi connectivity index (χ0v) is 19.9. The van der Waals surface area contributed by atoms with E-state index in [9.17, 15) is 9.90 Å². The van der Waals surface area contributed by atoms with E-state index >= 15 is 0 Å². The minimum atomic E-state index is -0.303. The number of hydrogen-bond donors (Lipinski definition) is 2. The molecule has 35 heavy (non-hydrogen) atoms. The number of nitrogens with zero attached hydrogens (tertiary/aromatic N) is 4. The van der Waals surface area contributed by atoms with Gasteiger partial charge in [0.05, 0.1) is 26.2 Å². The highest BCUT2D eigenvalue weighted by Gasteiger charge is 2.17. The van der Waals surface area contributed by atoms with Crippen molar-refractivity contribution in [1.82, 2.24) is 20.2 Å². The summed E-state index contributed by atoms with van der Waals surface area (Å²) in [5.74, 6) is 1.53. The lowest BCUT2D eigenvalue weighted by Gasteiger charge is -2.11. The lowest BCUT2D eigenvalue weighted by atomic mass is 10.2. The second-order valence-electron chi connectivity index (χ2n) is 7.22. The van der Waals surface area contributed by atoms with Crippen molar-refractivity contribution in [3.05, 3.63) is 78.4 Å². The molecule has 3 aromatic carbocycles. The number of phenols is 1. The smallest absolute Gasteiger partial charge is 0.250 e. The van der Waals surface area contributed by atoms with Crippen LogP contribution in [0, 0.1) is 0 Å².